The summed E-state index contributed by atoms with van der Waals surface area (Å²) in [6.07, 6.45) is 1.27. The van der Waals surface area contributed by atoms with Gasteiger partial charge in [0.25, 0.3) is 0 Å². The molecule has 0 aliphatic heterocycles. The lowest BCUT2D eigenvalue weighted by atomic mass is 10.3. The van der Waals surface area contributed by atoms with Crippen molar-refractivity contribution in [2.75, 3.05) is 13.2 Å². The Bertz CT molecular complexity index is 145. The van der Waals surface area contributed by atoms with Gasteiger partial charge < -0.3 is 9.84 Å². The minimum absolute atomic E-state index is 0.110. The molecule has 0 saturated heterocycles. The first-order valence-electron chi connectivity index (χ1n) is 3.31. The number of rotatable bonds is 5. The molecule has 0 bridgehead atoms. The van der Waals surface area contributed by atoms with E-state index in [1.54, 1.807) is 0 Å². The van der Waals surface area contributed by atoms with Crippen LogP contribution in [0.2, 0.25) is 0 Å². The van der Waals surface area contributed by atoms with Crippen molar-refractivity contribution in [3.8, 4) is 0 Å². The number of aliphatic hydroxyl groups excluding tert-OH is 1. The molecule has 0 atom stereocenters. The van der Waals surface area contributed by atoms with E-state index in [9.17, 15) is 4.79 Å². The number of aliphatic hydroxyl groups is 1. The summed E-state index contributed by atoms with van der Waals surface area (Å²) in [5, 5.41) is 8.24. The number of halogens is 1. The number of esters is 1. The summed E-state index contributed by atoms with van der Waals surface area (Å²) in [7, 11) is 0. The standard InChI is InChI=1S/C7H11ClO3/c1-6(8)7(10)11-5-3-2-4-9/h9H,1-5H2. The van der Waals surface area contributed by atoms with Gasteiger partial charge in [-0.2, -0.15) is 0 Å². The fourth-order valence-corrected chi connectivity index (χ4v) is 0.512. The highest BCUT2D eigenvalue weighted by atomic mass is 35.5. The predicted octanol–water partition coefficient (Wildman–Crippen LogP) is 1.05. The van der Waals surface area contributed by atoms with Crippen LogP contribution < -0.4 is 0 Å². The molecule has 0 saturated carbocycles. The lowest BCUT2D eigenvalue weighted by Gasteiger charge is -2.00. The van der Waals surface area contributed by atoms with E-state index in [1.165, 1.54) is 0 Å². The summed E-state index contributed by atoms with van der Waals surface area (Å²) in [6.45, 7) is 3.59. The van der Waals surface area contributed by atoms with Crippen LogP contribution in [0.1, 0.15) is 12.8 Å². The average molecular weight is 179 g/mol. The zero-order valence-corrected chi connectivity index (χ0v) is 6.93. The zero-order chi connectivity index (χ0) is 8.69. The third kappa shape index (κ3) is 5.88. The molecule has 1 N–H and O–H groups in total. The van der Waals surface area contributed by atoms with Gasteiger partial charge in [-0.3, -0.25) is 0 Å². The van der Waals surface area contributed by atoms with Crippen LogP contribution >= 0.6 is 11.6 Å². The largest absolute Gasteiger partial charge is 0.461 e. The summed E-state index contributed by atoms with van der Waals surface area (Å²) >= 11 is 5.22. The van der Waals surface area contributed by atoms with Gasteiger partial charge in [-0.25, -0.2) is 4.79 Å². The Labute approximate surface area is 70.6 Å². The smallest absolute Gasteiger partial charge is 0.349 e. The second-order valence-corrected chi connectivity index (χ2v) is 2.43. The number of ether oxygens (including phenoxy) is 1. The van der Waals surface area contributed by atoms with Crippen LogP contribution in [0.15, 0.2) is 11.6 Å². The second kappa shape index (κ2) is 6.19. The average Bonchev–Trinajstić information content (AvgIpc) is 1.97. The SMILES string of the molecule is C=C(Cl)C(=O)OCCCCO. The van der Waals surface area contributed by atoms with Gasteiger partial charge >= 0.3 is 5.97 Å². The van der Waals surface area contributed by atoms with Gasteiger partial charge in [0.05, 0.1) is 6.61 Å². The van der Waals surface area contributed by atoms with Gasteiger partial charge in [0.1, 0.15) is 5.03 Å². The highest BCUT2D eigenvalue weighted by molar-refractivity contribution is 6.40. The van der Waals surface area contributed by atoms with Crippen LogP contribution in [-0.2, 0) is 9.53 Å². The zero-order valence-electron chi connectivity index (χ0n) is 6.18. The van der Waals surface area contributed by atoms with Gasteiger partial charge in [-0.15, -0.1) is 0 Å². The third-order valence-electron chi connectivity index (χ3n) is 1.01. The summed E-state index contributed by atoms with van der Waals surface area (Å²) < 4.78 is 4.62. The summed E-state index contributed by atoms with van der Waals surface area (Å²) in [5.74, 6) is -0.593. The Morgan fingerprint density at radius 2 is 2.18 bits per heavy atom. The molecule has 0 rings (SSSR count). The van der Waals surface area contributed by atoms with E-state index in [2.05, 4.69) is 11.3 Å². The maximum Gasteiger partial charge on any atom is 0.349 e. The van der Waals surface area contributed by atoms with E-state index >= 15 is 0 Å². The van der Waals surface area contributed by atoms with Crippen molar-refractivity contribution in [3.05, 3.63) is 11.6 Å². The highest BCUT2D eigenvalue weighted by Crippen LogP contribution is 2.00. The molecule has 0 aromatic carbocycles. The third-order valence-corrected chi connectivity index (χ3v) is 1.16. The predicted molar refractivity (Wildman–Crippen MR) is 42.3 cm³/mol. The second-order valence-electron chi connectivity index (χ2n) is 1.97. The summed E-state index contributed by atoms with van der Waals surface area (Å²) in [5.41, 5.74) is 0. The van der Waals surface area contributed by atoms with E-state index in [4.69, 9.17) is 16.7 Å². The Hall–Kier alpha value is -0.540. The fraction of sp³-hybridized carbons (Fsp3) is 0.571. The molecule has 0 unspecified atom stereocenters. The van der Waals surface area contributed by atoms with Crippen molar-refractivity contribution in [1.29, 1.82) is 0 Å². The molecular weight excluding hydrogens is 168 g/mol. The molecular formula is C7H11ClO3. The van der Waals surface area contributed by atoms with Crippen LogP contribution in [0.5, 0.6) is 0 Å². The first kappa shape index (κ1) is 10.5. The molecule has 0 heterocycles. The van der Waals surface area contributed by atoms with Crippen LogP contribution in [0.3, 0.4) is 0 Å². The van der Waals surface area contributed by atoms with Crippen LogP contribution in [0, 0.1) is 0 Å². The molecule has 0 aliphatic rings. The fourth-order valence-electron chi connectivity index (χ4n) is 0.457. The Balaban J connectivity index is 3.25. The Morgan fingerprint density at radius 3 is 2.64 bits per heavy atom. The van der Waals surface area contributed by atoms with E-state index in [-0.39, 0.29) is 18.2 Å². The van der Waals surface area contributed by atoms with Crippen molar-refractivity contribution in [1.82, 2.24) is 0 Å². The quantitative estimate of drug-likeness (QED) is 0.389. The van der Waals surface area contributed by atoms with Gasteiger partial charge in [0, 0.05) is 6.61 Å². The minimum atomic E-state index is -0.593. The number of unbranched alkanes of at least 4 members (excludes halogenated alkanes) is 1. The molecule has 64 valence electrons. The molecule has 3 nitrogen and oxygen atoms in total. The maximum atomic E-state index is 10.6. The van der Waals surface area contributed by atoms with Gasteiger partial charge in [0.15, 0.2) is 0 Å². The van der Waals surface area contributed by atoms with Crippen molar-refractivity contribution in [2.24, 2.45) is 0 Å². The normalized spacial score (nSPS) is 9.27. The van der Waals surface area contributed by atoms with Gasteiger partial charge in [-0.05, 0) is 12.8 Å². The molecule has 0 spiro atoms. The molecule has 4 heteroatoms. The van der Waals surface area contributed by atoms with Crippen molar-refractivity contribution >= 4 is 17.6 Å². The molecule has 0 aromatic rings. The number of carbonyl (C=O) groups excluding carboxylic acids is 1. The molecule has 0 aliphatic carbocycles. The first-order valence-corrected chi connectivity index (χ1v) is 3.68. The monoisotopic (exact) mass is 178 g/mol. The number of hydrogen-bond donors (Lipinski definition) is 1. The minimum Gasteiger partial charge on any atom is -0.461 e. The van der Waals surface area contributed by atoms with Gasteiger partial charge in [0.2, 0.25) is 0 Å². The van der Waals surface area contributed by atoms with E-state index in [0.29, 0.717) is 12.8 Å². The lowest BCUT2D eigenvalue weighted by molar-refractivity contribution is -0.138. The van der Waals surface area contributed by atoms with Crippen molar-refractivity contribution in [2.45, 2.75) is 12.8 Å². The molecule has 11 heavy (non-hydrogen) atoms. The number of hydrogen-bond acceptors (Lipinski definition) is 3. The van der Waals surface area contributed by atoms with Gasteiger partial charge in [-0.1, -0.05) is 18.2 Å². The van der Waals surface area contributed by atoms with E-state index in [1.807, 2.05) is 0 Å². The van der Waals surface area contributed by atoms with E-state index < -0.39 is 5.97 Å². The highest BCUT2D eigenvalue weighted by Gasteiger charge is 2.03. The topological polar surface area (TPSA) is 46.5 Å². The van der Waals surface area contributed by atoms with Crippen molar-refractivity contribution in [3.63, 3.8) is 0 Å². The Morgan fingerprint density at radius 1 is 1.55 bits per heavy atom. The number of carbonyl (C=O) groups is 1. The molecule has 0 radical (unpaired) electrons. The first-order chi connectivity index (χ1) is 5.18. The Kier molecular flexibility index (Phi) is 5.88. The molecule has 0 aromatic heterocycles. The maximum absolute atomic E-state index is 10.6. The molecule has 0 fully saturated rings. The summed E-state index contributed by atoms with van der Waals surface area (Å²) in [6, 6.07) is 0. The van der Waals surface area contributed by atoms with Crippen LogP contribution in [-0.4, -0.2) is 24.3 Å². The molecule has 0 amide bonds. The van der Waals surface area contributed by atoms with E-state index in [0.717, 1.165) is 0 Å². The van der Waals surface area contributed by atoms with Crippen LogP contribution in [0.4, 0.5) is 0 Å². The lowest BCUT2D eigenvalue weighted by Crippen LogP contribution is -2.05. The van der Waals surface area contributed by atoms with Crippen molar-refractivity contribution < 1.29 is 14.6 Å². The van der Waals surface area contributed by atoms with Crippen LogP contribution in [0.25, 0.3) is 0 Å². The summed E-state index contributed by atoms with van der Waals surface area (Å²) in [4.78, 5) is 10.6.